The van der Waals surface area contributed by atoms with Crippen LogP contribution < -0.4 is 5.32 Å². The number of hydrogen-bond acceptors (Lipinski definition) is 3. The molecule has 21 heavy (non-hydrogen) atoms. The van der Waals surface area contributed by atoms with Crippen molar-refractivity contribution >= 4 is 5.91 Å². The molecular formula is C16H26N4O. The molecular weight excluding hydrogens is 264 g/mol. The second kappa shape index (κ2) is 5.79. The van der Waals surface area contributed by atoms with E-state index in [4.69, 9.17) is 0 Å². The molecule has 5 nitrogen and oxygen atoms in total. The Morgan fingerprint density at radius 1 is 1.57 bits per heavy atom. The van der Waals surface area contributed by atoms with Gasteiger partial charge < -0.3 is 14.8 Å². The van der Waals surface area contributed by atoms with Gasteiger partial charge in [-0.25, -0.2) is 4.98 Å². The van der Waals surface area contributed by atoms with Gasteiger partial charge in [0.05, 0.1) is 12.1 Å². The lowest BCUT2D eigenvalue weighted by Crippen LogP contribution is -2.55. The number of imidazole rings is 1. The molecule has 1 aliphatic carbocycles. The van der Waals surface area contributed by atoms with Gasteiger partial charge in [-0.3, -0.25) is 4.79 Å². The second-order valence-electron chi connectivity index (χ2n) is 6.48. The number of aromatic nitrogens is 2. The molecule has 2 heterocycles. The quantitative estimate of drug-likeness (QED) is 0.869. The van der Waals surface area contributed by atoms with Crippen molar-refractivity contribution < 1.29 is 4.79 Å². The van der Waals surface area contributed by atoms with Crippen molar-refractivity contribution in [1.29, 1.82) is 0 Å². The van der Waals surface area contributed by atoms with Gasteiger partial charge in [-0.05, 0) is 38.6 Å². The SMILES string of the molecule is CCCC1(C(=O)N(Cc2nccn2C)C2CC2)CCCN1. The lowest BCUT2D eigenvalue weighted by atomic mass is 9.90. The van der Waals surface area contributed by atoms with E-state index in [2.05, 4.69) is 22.1 Å². The van der Waals surface area contributed by atoms with Crippen LogP contribution in [0.3, 0.4) is 0 Å². The van der Waals surface area contributed by atoms with E-state index in [0.717, 1.165) is 50.9 Å². The van der Waals surface area contributed by atoms with Crippen molar-refractivity contribution in [3.8, 4) is 0 Å². The number of nitrogens with zero attached hydrogens (tertiary/aromatic N) is 3. The number of carbonyl (C=O) groups excluding carboxylic acids is 1. The Hall–Kier alpha value is -1.36. The van der Waals surface area contributed by atoms with Crippen molar-refractivity contribution in [2.24, 2.45) is 7.05 Å². The number of amides is 1. The Kier molecular flexibility index (Phi) is 4.02. The highest BCUT2D eigenvalue weighted by Gasteiger charge is 2.46. The fourth-order valence-corrected chi connectivity index (χ4v) is 3.46. The minimum Gasteiger partial charge on any atom is -0.337 e. The lowest BCUT2D eigenvalue weighted by molar-refractivity contribution is -0.139. The summed E-state index contributed by atoms with van der Waals surface area (Å²) in [4.78, 5) is 19.7. The average molecular weight is 290 g/mol. The topological polar surface area (TPSA) is 50.2 Å². The van der Waals surface area contributed by atoms with Crippen molar-refractivity contribution in [3.05, 3.63) is 18.2 Å². The Balaban J connectivity index is 1.79. The van der Waals surface area contributed by atoms with Gasteiger partial charge >= 0.3 is 0 Å². The molecule has 0 radical (unpaired) electrons. The second-order valence-corrected chi connectivity index (χ2v) is 6.48. The largest absolute Gasteiger partial charge is 0.337 e. The Morgan fingerprint density at radius 2 is 2.38 bits per heavy atom. The number of hydrogen-bond donors (Lipinski definition) is 1. The van der Waals surface area contributed by atoms with E-state index >= 15 is 0 Å². The summed E-state index contributed by atoms with van der Waals surface area (Å²) in [6.45, 7) is 3.77. The number of aryl methyl sites for hydroxylation is 1. The summed E-state index contributed by atoms with van der Waals surface area (Å²) in [7, 11) is 1.99. The van der Waals surface area contributed by atoms with Gasteiger partial charge in [0.2, 0.25) is 5.91 Å². The van der Waals surface area contributed by atoms with Crippen molar-refractivity contribution in [3.63, 3.8) is 0 Å². The zero-order valence-electron chi connectivity index (χ0n) is 13.1. The molecule has 1 amide bonds. The molecule has 1 unspecified atom stereocenters. The van der Waals surface area contributed by atoms with E-state index in [1.807, 2.05) is 17.8 Å². The first kappa shape index (κ1) is 14.6. The lowest BCUT2D eigenvalue weighted by Gasteiger charge is -2.34. The highest BCUT2D eigenvalue weighted by atomic mass is 16.2. The molecule has 1 atom stereocenters. The summed E-state index contributed by atoms with van der Waals surface area (Å²) >= 11 is 0. The van der Waals surface area contributed by atoms with Crippen LogP contribution >= 0.6 is 0 Å². The van der Waals surface area contributed by atoms with E-state index in [-0.39, 0.29) is 5.54 Å². The third-order valence-corrected chi connectivity index (χ3v) is 4.81. The van der Waals surface area contributed by atoms with Crippen molar-refractivity contribution in [2.75, 3.05) is 6.54 Å². The van der Waals surface area contributed by atoms with E-state index in [1.54, 1.807) is 6.20 Å². The first-order chi connectivity index (χ1) is 10.2. The molecule has 1 saturated carbocycles. The van der Waals surface area contributed by atoms with Crippen LogP contribution in [0.5, 0.6) is 0 Å². The summed E-state index contributed by atoms with van der Waals surface area (Å²) in [5.74, 6) is 1.27. The number of carbonyl (C=O) groups is 1. The predicted octanol–water partition coefficient (Wildman–Crippen LogP) is 1.83. The molecule has 0 spiro atoms. The van der Waals surface area contributed by atoms with E-state index in [0.29, 0.717) is 18.5 Å². The van der Waals surface area contributed by atoms with Gasteiger partial charge in [-0.2, -0.15) is 0 Å². The Morgan fingerprint density at radius 3 is 2.90 bits per heavy atom. The summed E-state index contributed by atoms with van der Waals surface area (Å²) in [6, 6.07) is 0.422. The molecule has 2 fully saturated rings. The van der Waals surface area contributed by atoms with E-state index < -0.39 is 0 Å². The molecule has 116 valence electrons. The highest BCUT2D eigenvalue weighted by Crippen LogP contribution is 2.34. The van der Waals surface area contributed by atoms with Gasteiger partial charge in [0.15, 0.2) is 0 Å². The van der Waals surface area contributed by atoms with Crippen LogP contribution in [0.25, 0.3) is 0 Å². The van der Waals surface area contributed by atoms with Crippen LogP contribution in [-0.4, -0.2) is 38.5 Å². The van der Waals surface area contributed by atoms with Crippen LogP contribution in [-0.2, 0) is 18.4 Å². The number of rotatable bonds is 6. The summed E-state index contributed by atoms with van der Waals surface area (Å²) < 4.78 is 2.01. The average Bonchev–Trinajstić information content (AvgIpc) is 3.07. The minimum atomic E-state index is -0.317. The summed E-state index contributed by atoms with van der Waals surface area (Å²) in [5.41, 5.74) is -0.317. The van der Waals surface area contributed by atoms with Gasteiger partial charge in [-0.1, -0.05) is 13.3 Å². The molecule has 0 bridgehead atoms. The smallest absolute Gasteiger partial charge is 0.243 e. The molecule has 3 rings (SSSR count). The Labute approximate surface area is 126 Å². The van der Waals surface area contributed by atoms with Crippen molar-refractivity contribution in [1.82, 2.24) is 19.8 Å². The van der Waals surface area contributed by atoms with Crippen LogP contribution in [0.1, 0.15) is 51.3 Å². The third-order valence-electron chi connectivity index (χ3n) is 4.81. The van der Waals surface area contributed by atoms with Crippen molar-refractivity contribution in [2.45, 2.75) is 63.6 Å². The molecule has 0 aromatic carbocycles. The fraction of sp³-hybridized carbons (Fsp3) is 0.750. The fourth-order valence-electron chi connectivity index (χ4n) is 3.46. The molecule has 1 N–H and O–H groups in total. The maximum atomic E-state index is 13.2. The van der Waals surface area contributed by atoms with Gasteiger partial charge in [0, 0.05) is 25.5 Å². The first-order valence-electron chi connectivity index (χ1n) is 8.18. The zero-order chi connectivity index (χ0) is 14.9. The standard InChI is InChI=1S/C16H26N4O/c1-3-7-16(8-4-9-18-16)15(21)20(13-5-6-13)12-14-17-10-11-19(14)2/h10-11,13,18H,3-9,12H2,1-2H3. The molecule has 1 aromatic heterocycles. The zero-order valence-corrected chi connectivity index (χ0v) is 13.1. The predicted molar refractivity (Wildman–Crippen MR) is 81.7 cm³/mol. The maximum Gasteiger partial charge on any atom is 0.243 e. The first-order valence-corrected chi connectivity index (χ1v) is 8.18. The van der Waals surface area contributed by atoms with Crippen LogP contribution in [0, 0.1) is 0 Å². The molecule has 5 heteroatoms. The van der Waals surface area contributed by atoms with Crippen LogP contribution in [0.15, 0.2) is 12.4 Å². The summed E-state index contributed by atoms with van der Waals surface area (Å²) in [6.07, 6.45) is 10.1. The van der Waals surface area contributed by atoms with Crippen LogP contribution in [0.2, 0.25) is 0 Å². The maximum absolute atomic E-state index is 13.2. The normalized spacial score (nSPS) is 25.2. The van der Waals surface area contributed by atoms with E-state index in [9.17, 15) is 4.79 Å². The molecule has 1 aromatic rings. The molecule has 1 aliphatic heterocycles. The monoisotopic (exact) mass is 290 g/mol. The van der Waals surface area contributed by atoms with Gasteiger partial charge in [0.1, 0.15) is 5.82 Å². The third kappa shape index (κ3) is 2.84. The minimum absolute atomic E-state index is 0.298. The van der Waals surface area contributed by atoms with Crippen LogP contribution in [0.4, 0.5) is 0 Å². The Bertz CT molecular complexity index is 500. The summed E-state index contributed by atoms with van der Waals surface area (Å²) in [5, 5.41) is 3.51. The van der Waals surface area contributed by atoms with Gasteiger partial charge in [-0.15, -0.1) is 0 Å². The van der Waals surface area contributed by atoms with E-state index in [1.165, 1.54) is 0 Å². The molecule has 2 aliphatic rings. The molecule has 1 saturated heterocycles. The highest BCUT2D eigenvalue weighted by molar-refractivity contribution is 5.87. The van der Waals surface area contributed by atoms with Gasteiger partial charge in [0.25, 0.3) is 0 Å². The number of nitrogens with one attached hydrogen (secondary N) is 1.